The molecule has 0 saturated carbocycles. The van der Waals surface area contributed by atoms with Crippen molar-refractivity contribution in [2.24, 2.45) is 0 Å². The van der Waals surface area contributed by atoms with Crippen molar-refractivity contribution in [2.45, 2.75) is 63.8 Å². The van der Waals surface area contributed by atoms with E-state index in [1.807, 2.05) is 36.4 Å². The van der Waals surface area contributed by atoms with Crippen LogP contribution in [0, 0.1) is 11.2 Å². The molecule has 0 spiro atoms. The third-order valence-corrected chi connectivity index (χ3v) is 7.63. The maximum Gasteiger partial charge on any atom is 0.128 e. The third-order valence-electron chi connectivity index (χ3n) is 7.63. The molecule has 0 radical (unpaired) electrons. The highest BCUT2D eigenvalue weighted by molar-refractivity contribution is 6.14. The molecule has 2 atom stereocenters. The van der Waals surface area contributed by atoms with Crippen LogP contribution in [0.2, 0.25) is 0 Å². The van der Waals surface area contributed by atoms with Gasteiger partial charge in [0.2, 0.25) is 0 Å². The molecule has 2 aliphatic rings. The fourth-order valence-corrected chi connectivity index (χ4v) is 5.79. The molecule has 37 heavy (non-hydrogen) atoms. The molecule has 3 aromatic rings. The van der Waals surface area contributed by atoms with Crippen LogP contribution < -0.4 is 16.0 Å². The topological polar surface area (TPSA) is 85.4 Å². The van der Waals surface area contributed by atoms with Crippen molar-refractivity contribution < 1.29 is 9.50 Å². The van der Waals surface area contributed by atoms with Crippen molar-refractivity contribution in [3.8, 4) is 0 Å². The number of allylic oxidation sites excluding steroid dienone is 1. The van der Waals surface area contributed by atoms with E-state index in [2.05, 4.69) is 35.3 Å². The molecule has 5 N–H and O–H groups in total. The number of nitrogens with zero attached hydrogens (tertiary/aromatic N) is 1. The predicted octanol–water partition coefficient (Wildman–Crippen LogP) is 5.86. The predicted molar refractivity (Wildman–Crippen MR) is 149 cm³/mol. The summed E-state index contributed by atoms with van der Waals surface area (Å²) in [6.07, 6.45) is 6.60. The Kier molecular flexibility index (Phi) is 7.28. The fraction of sp³-hybridized carbons (Fsp3) is 0.323. The first-order valence-corrected chi connectivity index (χ1v) is 13.2. The number of halogens is 1. The van der Waals surface area contributed by atoms with Crippen LogP contribution in [-0.4, -0.2) is 29.0 Å². The molecule has 6 heteroatoms. The Labute approximate surface area is 218 Å². The van der Waals surface area contributed by atoms with Crippen LogP contribution in [0.3, 0.4) is 0 Å². The van der Waals surface area contributed by atoms with E-state index in [1.165, 1.54) is 6.07 Å². The van der Waals surface area contributed by atoms with Gasteiger partial charge in [-0.15, -0.1) is 0 Å². The van der Waals surface area contributed by atoms with Crippen LogP contribution in [0.5, 0.6) is 0 Å². The smallest absolute Gasteiger partial charge is 0.128 e. The summed E-state index contributed by atoms with van der Waals surface area (Å²) < 4.78 is 14.1. The van der Waals surface area contributed by atoms with Crippen LogP contribution in [0.1, 0.15) is 61.3 Å². The van der Waals surface area contributed by atoms with Crippen molar-refractivity contribution in [3.05, 3.63) is 101 Å². The summed E-state index contributed by atoms with van der Waals surface area (Å²) in [7, 11) is 0. The number of hydrogen-bond donors (Lipinski definition) is 4. The third kappa shape index (κ3) is 5.25. The van der Waals surface area contributed by atoms with Gasteiger partial charge in [-0.3, -0.25) is 5.41 Å². The minimum Gasteiger partial charge on any atom is -0.398 e. The first-order valence-electron chi connectivity index (χ1n) is 13.2. The van der Waals surface area contributed by atoms with Gasteiger partial charge in [-0.05, 0) is 68.0 Å². The number of hydrogen-bond acceptors (Lipinski definition) is 5. The number of benzene rings is 3. The number of aliphatic hydroxyl groups is 1. The Bertz CT molecular complexity index is 1290. The molecule has 0 aromatic heterocycles. The maximum atomic E-state index is 14.1. The second kappa shape index (κ2) is 10.8. The van der Waals surface area contributed by atoms with Crippen molar-refractivity contribution in [1.82, 2.24) is 5.32 Å². The number of nitrogen functional groups attached to an aromatic ring is 1. The van der Waals surface area contributed by atoms with Gasteiger partial charge in [-0.2, -0.15) is 0 Å². The van der Waals surface area contributed by atoms with E-state index >= 15 is 0 Å². The molecule has 2 saturated heterocycles. The second-order valence-corrected chi connectivity index (χ2v) is 10.1. The number of anilines is 2. The average Bonchev–Trinajstić information content (AvgIpc) is 3.18. The molecule has 2 unspecified atom stereocenters. The summed E-state index contributed by atoms with van der Waals surface area (Å²) in [5, 5.41) is 22.4. The highest BCUT2D eigenvalue weighted by Crippen LogP contribution is 2.39. The number of fused-ring (bicyclic) bond motifs is 2. The monoisotopic (exact) mass is 498 g/mol. The summed E-state index contributed by atoms with van der Waals surface area (Å²) in [6, 6.07) is 21.4. The van der Waals surface area contributed by atoms with Gasteiger partial charge in [-0.25, -0.2) is 4.39 Å². The zero-order chi connectivity index (χ0) is 25.9. The molecule has 5 rings (SSSR count). The van der Waals surface area contributed by atoms with Gasteiger partial charge in [0.15, 0.2) is 0 Å². The van der Waals surface area contributed by atoms with Crippen LogP contribution >= 0.6 is 0 Å². The Hall–Kier alpha value is -3.64. The standard InChI is InChI=1S/C31H35FN4O/c1-2-5-30(35-19-22-6-3-4-7-28(22)32)21-10-15-29(33)27(16-21)31(34)20-8-11-23(12-9-20)36-24-13-14-25(36)18-26(37)17-24/h3-12,15-16,24-26,34-35,37H,2,13-14,17-19,33H2,1H3/b30-5-,34-31?. The summed E-state index contributed by atoms with van der Waals surface area (Å²) in [4.78, 5) is 2.46. The highest BCUT2D eigenvalue weighted by atomic mass is 19.1. The van der Waals surface area contributed by atoms with Gasteiger partial charge in [0.05, 0.1) is 11.8 Å². The van der Waals surface area contributed by atoms with Crippen LogP contribution in [0.4, 0.5) is 15.8 Å². The maximum absolute atomic E-state index is 14.1. The normalized spacial score (nSPS) is 21.2. The molecule has 2 aliphatic heterocycles. The largest absolute Gasteiger partial charge is 0.398 e. The van der Waals surface area contributed by atoms with Gasteiger partial charge in [0.25, 0.3) is 0 Å². The Morgan fingerprint density at radius 1 is 1.05 bits per heavy atom. The fourth-order valence-electron chi connectivity index (χ4n) is 5.79. The Morgan fingerprint density at radius 3 is 2.41 bits per heavy atom. The summed E-state index contributed by atoms with van der Waals surface area (Å²) in [5.74, 6) is -0.234. The highest BCUT2D eigenvalue weighted by Gasteiger charge is 2.40. The lowest BCUT2D eigenvalue weighted by molar-refractivity contribution is 0.126. The van der Waals surface area contributed by atoms with Gasteiger partial charge < -0.3 is 21.1 Å². The first kappa shape index (κ1) is 25.0. The van der Waals surface area contributed by atoms with Crippen molar-refractivity contribution in [2.75, 3.05) is 10.6 Å². The van der Waals surface area contributed by atoms with E-state index in [4.69, 9.17) is 11.1 Å². The van der Waals surface area contributed by atoms with Gasteiger partial charge in [-0.1, -0.05) is 49.4 Å². The molecule has 5 nitrogen and oxygen atoms in total. The molecule has 2 fully saturated rings. The summed E-state index contributed by atoms with van der Waals surface area (Å²) in [5.41, 5.74) is 12.3. The van der Waals surface area contributed by atoms with Crippen LogP contribution in [-0.2, 0) is 6.54 Å². The first-order chi connectivity index (χ1) is 17.9. The minimum absolute atomic E-state index is 0.190. The number of piperidine rings is 1. The number of nitrogens with two attached hydrogens (primary N) is 1. The second-order valence-electron chi connectivity index (χ2n) is 10.1. The van der Waals surface area contributed by atoms with Gasteiger partial charge in [0.1, 0.15) is 5.82 Å². The average molecular weight is 499 g/mol. The Morgan fingerprint density at radius 2 is 1.73 bits per heavy atom. The molecule has 192 valence electrons. The van der Waals surface area contributed by atoms with Crippen molar-refractivity contribution in [3.63, 3.8) is 0 Å². The summed E-state index contributed by atoms with van der Waals surface area (Å²) in [6.45, 7) is 2.43. The van der Waals surface area contributed by atoms with Gasteiger partial charge >= 0.3 is 0 Å². The lowest BCUT2D eigenvalue weighted by Gasteiger charge is -2.39. The van der Waals surface area contributed by atoms with Crippen LogP contribution in [0.15, 0.2) is 72.8 Å². The molecule has 2 bridgehead atoms. The lowest BCUT2D eigenvalue weighted by Crippen LogP contribution is -2.44. The molecule has 0 amide bonds. The quantitative estimate of drug-likeness (QED) is 0.232. The number of aliphatic hydroxyl groups excluding tert-OH is 1. The molecule has 3 aromatic carbocycles. The lowest BCUT2D eigenvalue weighted by atomic mass is 9.96. The minimum atomic E-state index is -0.234. The summed E-state index contributed by atoms with van der Waals surface area (Å²) >= 11 is 0. The van der Waals surface area contributed by atoms with E-state index in [1.54, 1.807) is 12.1 Å². The zero-order valence-electron chi connectivity index (χ0n) is 21.3. The van der Waals surface area contributed by atoms with E-state index < -0.39 is 0 Å². The zero-order valence-corrected chi connectivity index (χ0v) is 21.3. The number of nitrogens with one attached hydrogen (secondary N) is 2. The van der Waals surface area contributed by atoms with Crippen molar-refractivity contribution in [1.29, 1.82) is 5.41 Å². The van der Waals surface area contributed by atoms with E-state index in [0.717, 1.165) is 54.6 Å². The molecular weight excluding hydrogens is 463 g/mol. The van der Waals surface area contributed by atoms with Gasteiger partial charge in [0, 0.05) is 52.4 Å². The van der Waals surface area contributed by atoms with E-state index in [9.17, 15) is 9.50 Å². The van der Waals surface area contributed by atoms with E-state index in [-0.39, 0.29) is 11.9 Å². The molecular formula is C31H35FN4O. The number of rotatable bonds is 8. The van der Waals surface area contributed by atoms with Crippen molar-refractivity contribution >= 4 is 22.8 Å². The Balaban J connectivity index is 1.35. The SMILES string of the molecule is CC/C=C(\NCc1ccccc1F)c1ccc(N)c(C(=N)c2ccc(N3C4CCC3CC(O)C4)cc2)c1. The van der Waals surface area contributed by atoms with E-state index in [0.29, 0.717) is 41.2 Å². The molecule has 2 heterocycles. The van der Waals surface area contributed by atoms with Crippen LogP contribution in [0.25, 0.3) is 5.70 Å². The molecule has 0 aliphatic carbocycles.